The quantitative estimate of drug-likeness (QED) is 0.580. The minimum Gasteiger partial charge on any atom is -0.396 e. The second kappa shape index (κ2) is 4.64. The first-order valence-electron chi connectivity index (χ1n) is 4.30. The van der Waals surface area contributed by atoms with Crippen molar-refractivity contribution in [3.63, 3.8) is 0 Å². The lowest BCUT2D eigenvalue weighted by atomic mass is 10.2. The minimum absolute atomic E-state index is 0.177. The zero-order valence-electron chi connectivity index (χ0n) is 8.13. The van der Waals surface area contributed by atoms with Crippen molar-refractivity contribution >= 4 is 5.69 Å². The van der Waals surface area contributed by atoms with E-state index in [-0.39, 0.29) is 11.5 Å². The molecule has 0 amide bonds. The van der Waals surface area contributed by atoms with Gasteiger partial charge in [-0.2, -0.15) is 0 Å². The van der Waals surface area contributed by atoms with Crippen LogP contribution in [0.4, 0.5) is 10.1 Å². The van der Waals surface area contributed by atoms with Crippen LogP contribution in [0.5, 0.6) is 0 Å². The van der Waals surface area contributed by atoms with Gasteiger partial charge in [-0.1, -0.05) is 18.1 Å². The van der Waals surface area contributed by atoms with Crippen molar-refractivity contribution in [3.05, 3.63) is 29.6 Å². The van der Waals surface area contributed by atoms with Crippen LogP contribution in [0.25, 0.3) is 0 Å². The molecule has 0 aromatic heterocycles. The fraction of sp³-hybridized carbons (Fsp3) is 0.273. The molecule has 0 aliphatic carbocycles. The Morgan fingerprint density at radius 2 is 2.29 bits per heavy atom. The first kappa shape index (κ1) is 10.6. The molecule has 74 valence electrons. The summed E-state index contributed by atoms with van der Waals surface area (Å²) in [5.41, 5.74) is 6.19. The van der Waals surface area contributed by atoms with Crippen LogP contribution in [-0.4, -0.2) is 18.5 Å². The molecular weight excluding hydrogens is 179 g/mol. The highest BCUT2D eigenvalue weighted by Crippen LogP contribution is 2.15. The number of nitrogen functional groups attached to an aromatic ring is 1. The molecule has 0 bridgehead atoms. The number of halogens is 1. The van der Waals surface area contributed by atoms with Gasteiger partial charge in [-0.15, -0.1) is 6.42 Å². The minimum atomic E-state index is -0.351. The summed E-state index contributed by atoms with van der Waals surface area (Å²) in [7, 11) is 1.84. The summed E-state index contributed by atoms with van der Waals surface area (Å²) in [4.78, 5) is 1.85. The van der Waals surface area contributed by atoms with E-state index < -0.39 is 0 Å². The summed E-state index contributed by atoms with van der Waals surface area (Å²) in [6.07, 6.45) is 5.14. The highest BCUT2D eigenvalue weighted by molar-refractivity contribution is 5.42. The normalized spacial score (nSPS) is 10.1. The van der Waals surface area contributed by atoms with Gasteiger partial charge in [0.1, 0.15) is 0 Å². The average Bonchev–Trinajstić information content (AvgIpc) is 2.13. The zero-order valence-corrected chi connectivity index (χ0v) is 8.13. The fourth-order valence-corrected chi connectivity index (χ4v) is 1.22. The SMILES string of the molecule is C#CCN(C)Cc1cccc(N)c1F. The molecule has 1 aromatic carbocycles. The molecule has 0 atom stereocenters. The molecule has 0 aliphatic heterocycles. The maximum atomic E-state index is 13.4. The van der Waals surface area contributed by atoms with Gasteiger partial charge in [0, 0.05) is 12.1 Å². The summed E-state index contributed by atoms with van der Waals surface area (Å²) in [6.45, 7) is 0.968. The first-order chi connectivity index (χ1) is 6.65. The standard InChI is InChI=1S/C11H13FN2/c1-3-7-14(2)8-9-5-4-6-10(13)11(9)12/h1,4-6H,7-8,13H2,2H3. The first-order valence-corrected chi connectivity index (χ1v) is 4.30. The van der Waals surface area contributed by atoms with Crippen LogP contribution in [-0.2, 0) is 6.54 Å². The lowest BCUT2D eigenvalue weighted by molar-refractivity contribution is 0.362. The Labute approximate surface area is 83.5 Å². The van der Waals surface area contributed by atoms with Crippen molar-refractivity contribution in [2.24, 2.45) is 0 Å². The van der Waals surface area contributed by atoms with E-state index in [0.717, 1.165) is 0 Å². The smallest absolute Gasteiger partial charge is 0.150 e. The molecule has 0 heterocycles. The molecule has 1 rings (SSSR count). The van der Waals surface area contributed by atoms with Crippen LogP contribution in [0.15, 0.2) is 18.2 Å². The molecule has 0 saturated heterocycles. The van der Waals surface area contributed by atoms with Gasteiger partial charge in [0.05, 0.1) is 12.2 Å². The van der Waals surface area contributed by atoms with Crippen molar-refractivity contribution in [1.82, 2.24) is 4.90 Å². The number of anilines is 1. The summed E-state index contributed by atoms with van der Waals surface area (Å²) in [5.74, 6) is 2.14. The summed E-state index contributed by atoms with van der Waals surface area (Å²) < 4.78 is 13.4. The van der Waals surface area contributed by atoms with Gasteiger partial charge < -0.3 is 5.73 Å². The molecule has 0 unspecified atom stereocenters. The molecule has 3 heteroatoms. The molecule has 0 aliphatic rings. The van der Waals surface area contributed by atoms with Gasteiger partial charge in [-0.3, -0.25) is 4.90 Å². The third-order valence-corrected chi connectivity index (χ3v) is 1.91. The maximum absolute atomic E-state index is 13.4. The average molecular weight is 192 g/mol. The molecule has 2 nitrogen and oxygen atoms in total. The van der Waals surface area contributed by atoms with Crippen LogP contribution in [0.1, 0.15) is 5.56 Å². The van der Waals surface area contributed by atoms with Gasteiger partial charge in [0.2, 0.25) is 0 Å². The third-order valence-electron chi connectivity index (χ3n) is 1.91. The van der Waals surface area contributed by atoms with E-state index in [4.69, 9.17) is 12.2 Å². The van der Waals surface area contributed by atoms with Gasteiger partial charge >= 0.3 is 0 Å². The Kier molecular flexibility index (Phi) is 3.49. The number of rotatable bonds is 3. The van der Waals surface area contributed by atoms with Crippen molar-refractivity contribution < 1.29 is 4.39 Å². The highest BCUT2D eigenvalue weighted by Gasteiger charge is 2.06. The predicted octanol–water partition coefficient (Wildman–Crippen LogP) is 1.47. The molecule has 0 saturated carbocycles. The molecule has 14 heavy (non-hydrogen) atoms. The summed E-state index contributed by atoms with van der Waals surface area (Å²) >= 11 is 0. The molecule has 0 spiro atoms. The van der Waals surface area contributed by atoms with Crippen LogP contribution >= 0.6 is 0 Å². The van der Waals surface area contributed by atoms with Crippen molar-refractivity contribution in [1.29, 1.82) is 0 Å². The monoisotopic (exact) mass is 192 g/mol. The van der Waals surface area contributed by atoms with Crippen LogP contribution in [0.2, 0.25) is 0 Å². The van der Waals surface area contributed by atoms with Gasteiger partial charge in [-0.25, -0.2) is 4.39 Å². The summed E-state index contributed by atoms with van der Waals surface area (Å²) in [6, 6.07) is 4.98. The highest BCUT2D eigenvalue weighted by atomic mass is 19.1. The van der Waals surface area contributed by atoms with E-state index >= 15 is 0 Å². The Balaban J connectivity index is 2.77. The van der Waals surface area contributed by atoms with Gasteiger partial charge in [0.25, 0.3) is 0 Å². The van der Waals surface area contributed by atoms with Crippen molar-refractivity contribution in [3.8, 4) is 12.3 Å². The van der Waals surface area contributed by atoms with E-state index in [1.165, 1.54) is 0 Å². The molecular formula is C11H13FN2. The maximum Gasteiger partial charge on any atom is 0.150 e. The van der Waals surface area contributed by atoms with E-state index in [0.29, 0.717) is 18.7 Å². The number of terminal acetylenes is 1. The molecule has 0 fully saturated rings. The number of nitrogens with zero attached hydrogens (tertiary/aromatic N) is 1. The summed E-state index contributed by atoms with van der Waals surface area (Å²) in [5, 5.41) is 0. The number of benzene rings is 1. The lowest BCUT2D eigenvalue weighted by Gasteiger charge is -2.14. The van der Waals surface area contributed by atoms with Crippen LogP contribution in [0, 0.1) is 18.2 Å². The number of hydrogen-bond acceptors (Lipinski definition) is 2. The zero-order chi connectivity index (χ0) is 10.6. The van der Waals surface area contributed by atoms with E-state index in [2.05, 4.69) is 5.92 Å². The number of hydrogen-bond donors (Lipinski definition) is 1. The van der Waals surface area contributed by atoms with Gasteiger partial charge in [-0.05, 0) is 13.1 Å². The van der Waals surface area contributed by atoms with Crippen molar-refractivity contribution in [2.75, 3.05) is 19.3 Å². The van der Waals surface area contributed by atoms with Crippen LogP contribution < -0.4 is 5.73 Å². The van der Waals surface area contributed by atoms with E-state index in [1.54, 1.807) is 18.2 Å². The second-order valence-corrected chi connectivity index (χ2v) is 3.20. The third kappa shape index (κ3) is 2.48. The molecule has 0 radical (unpaired) electrons. The number of nitrogens with two attached hydrogens (primary N) is 1. The predicted molar refractivity (Wildman–Crippen MR) is 56.0 cm³/mol. The Bertz CT molecular complexity index is 355. The fourth-order valence-electron chi connectivity index (χ4n) is 1.22. The van der Waals surface area contributed by atoms with E-state index in [9.17, 15) is 4.39 Å². The van der Waals surface area contributed by atoms with Gasteiger partial charge in [0.15, 0.2) is 5.82 Å². The molecule has 2 N–H and O–H groups in total. The largest absolute Gasteiger partial charge is 0.396 e. The Hall–Kier alpha value is -1.53. The Morgan fingerprint density at radius 1 is 1.57 bits per heavy atom. The second-order valence-electron chi connectivity index (χ2n) is 3.20. The Morgan fingerprint density at radius 3 is 2.93 bits per heavy atom. The lowest BCUT2D eigenvalue weighted by Crippen LogP contribution is -2.18. The topological polar surface area (TPSA) is 29.3 Å². The van der Waals surface area contributed by atoms with E-state index in [1.807, 2.05) is 11.9 Å². The van der Waals surface area contributed by atoms with Crippen molar-refractivity contribution in [2.45, 2.75) is 6.54 Å². The molecule has 1 aromatic rings. The van der Waals surface area contributed by atoms with Crippen LogP contribution in [0.3, 0.4) is 0 Å².